The van der Waals surface area contributed by atoms with Crippen molar-refractivity contribution in [3.63, 3.8) is 0 Å². The molecule has 1 fully saturated rings. The molecule has 2 heterocycles. The van der Waals surface area contributed by atoms with Crippen LogP contribution in [0.5, 0.6) is 0 Å². The normalized spacial score (nSPS) is 14.8. The number of para-hydroxylation sites is 1. The van der Waals surface area contributed by atoms with Crippen LogP contribution >= 0.6 is 0 Å². The van der Waals surface area contributed by atoms with Gasteiger partial charge in [0.1, 0.15) is 5.57 Å². The molecule has 1 aliphatic rings. The molecule has 0 aliphatic carbocycles. The van der Waals surface area contributed by atoms with Crippen molar-refractivity contribution in [3.8, 4) is 0 Å². The van der Waals surface area contributed by atoms with E-state index in [0.717, 1.165) is 32.5 Å². The number of amides is 4. The quantitative estimate of drug-likeness (QED) is 0.239. The van der Waals surface area contributed by atoms with Crippen LogP contribution in [0.4, 0.5) is 10.5 Å². The molecule has 1 N–H and O–H groups in total. The maximum Gasteiger partial charge on any atom is 0.337 e. The van der Waals surface area contributed by atoms with Gasteiger partial charge in [-0.3, -0.25) is 14.9 Å². The second-order valence-corrected chi connectivity index (χ2v) is 9.15. The molecule has 0 unspecified atom stereocenters. The largest absolute Gasteiger partial charge is 0.465 e. The first-order valence-electron chi connectivity index (χ1n) is 12.0. The van der Waals surface area contributed by atoms with Gasteiger partial charge >= 0.3 is 12.0 Å². The molecule has 0 atom stereocenters. The van der Waals surface area contributed by atoms with Crippen molar-refractivity contribution in [3.05, 3.63) is 106 Å². The van der Waals surface area contributed by atoms with E-state index in [-0.39, 0.29) is 5.57 Å². The third-order valence-electron chi connectivity index (χ3n) is 6.67. The van der Waals surface area contributed by atoms with E-state index in [4.69, 9.17) is 4.74 Å². The number of esters is 1. The number of methoxy groups -OCH3 is 1. The zero-order valence-electron chi connectivity index (χ0n) is 21.1. The molecule has 1 saturated heterocycles. The van der Waals surface area contributed by atoms with E-state index in [2.05, 4.69) is 5.32 Å². The summed E-state index contributed by atoms with van der Waals surface area (Å²) in [6.45, 7) is 4.28. The van der Waals surface area contributed by atoms with Crippen molar-refractivity contribution in [1.29, 1.82) is 0 Å². The van der Waals surface area contributed by atoms with Crippen molar-refractivity contribution < 1.29 is 23.9 Å². The van der Waals surface area contributed by atoms with Gasteiger partial charge in [0.15, 0.2) is 0 Å². The maximum absolute atomic E-state index is 13.4. The van der Waals surface area contributed by atoms with Crippen molar-refractivity contribution in [1.82, 2.24) is 9.88 Å². The van der Waals surface area contributed by atoms with E-state index in [0.29, 0.717) is 23.4 Å². The van der Waals surface area contributed by atoms with Crippen molar-refractivity contribution in [2.75, 3.05) is 12.0 Å². The molecule has 4 aromatic rings. The topological polar surface area (TPSA) is 97.7 Å². The number of fused-ring (bicyclic) bond motifs is 1. The number of aromatic nitrogens is 1. The summed E-state index contributed by atoms with van der Waals surface area (Å²) in [5, 5.41) is 3.12. The fourth-order valence-corrected chi connectivity index (χ4v) is 4.54. The fraction of sp³-hybridized carbons (Fsp3) is 0.133. The van der Waals surface area contributed by atoms with Gasteiger partial charge in [-0.15, -0.1) is 0 Å². The number of anilines is 1. The number of aryl methyl sites for hydroxylation is 2. The van der Waals surface area contributed by atoms with E-state index in [1.807, 2.05) is 61.0 Å². The Morgan fingerprint density at radius 3 is 2.50 bits per heavy atom. The number of rotatable bonds is 5. The molecule has 1 aromatic heterocycles. The number of carbonyl (C=O) groups is 4. The second-order valence-electron chi connectivity index (χ2n) is 9.15. The van der Waals surface area contributed by atoms with Gasteiger partial charge in [-0.2, -0.15) is 0 Å². The minimum absolute atomic E-state index is 0.140. The molecule has 0 spiro atoms. The molecule has 4 amide bonds. The molecule has 0 radical (unpaired) electrons. The van der Waals surface area contributed by atoms with Crippen LogP contribution in [0.25, 0.3) is 17.0 Å². The Morgan fingerprint density at radius 2 is 1.74 bits per heavy atom. The Morgan fingerprint density at radius 1 is 0.947 bits per heavy atom. The maximum atomic E-state index is 13.4. The molecule has 0 bridgehead atoms. The van der Waals surface area contributed by atoms with Crippen LogP contribution in [-0.2, 0) is 20.9 Å². The third kappa shape index (κ3) is 4.48. The molecular formula is C30H25N3O5. The van der Waals surface area contributed by atoms with Gasteiger partial charge in [0, 0.05) is 29.2 Å². The highest BCUT2D eigenvalue weighted by Crippen LogP contribution is 2.28. The molecule has 8 nitrogen and oxygen atoms in total. The monoisotopic (exact) mass is 507 g/mol. The predicted molar refractivity (Wildman–Crippen MR) is 144 cm³/mol. The highest BCUT2D eigenvalue weighted by atomic mass is 16.5. The van der Waals surface area contributed by atoms with Gasteiger partial charge in [0.25, 0.3) is 11.8 Å². The van der Waals surface area contributed by atoms with Crippen molar-refractivity contribution in [2.45, 2.75) is 20.4 Å². The Hall–Kier alpha value is -4.98. The Bertz CT molecular complexity index is 1660. The highest BCUT2D eigenvalue weighted by Gasteiger charge is 2.37. The molecule has 3 aromatic carbocycles. The number of hydrogen-bond donors (Lipinski definition) is 1. The molecule has 5 rings (SSSR count). The Labute approximate surface area is 219 Å². The van der Waals surface area contributed by atoms with E-state index < -0.39 is 23.8 Å². The van der Waals surface area contributed by atoms with Crippen molar-refractivity contribution in [2.24, 2.45) is 0 Å². The third-order valence-corrected chi connectivity index (χ3v) is 6.67. The molecule has 8 heteroatoms. The van der Waals surface area contributed by atoms with Crippen LogP contribution in [0.15, 0.2) is 78.5 Å². The summed E-state index contributed by atoms with van der Waals surface area (Å²) in [7, 11) is 1.34. The SMILES string of the molecule is COC(=O)c1cccc(Cn2cc(/C=C3\C(=O)NC(=O)N(c4ccc(C)c(C)c4)C3=O)c3ccccc32)c1. The number of imide groups is 2. The van der Waals surface area contributed by atoms with E-state index in [1.165, 1.54) is 13.2 Å². The summed E-state index contributed by atoms with van der Waals surface area (Å²) in [5.74, 6) is -1.85. The molecular weight excluding hydrogens is 482 g/mol. The van der Waals surface area contributed by atoms with Crippen LogP contribution in [-0.4, -0.2) is 35.5 Å². The summed E-state index contributed by atoms with van der Waals surface area (Å²) in [4.78, 5) is 51.8. The molecule has 38 heavy (non-hydrogen) atoms. The minimum atomic E-state index is -0.784. The lowest BCUT2D eigenvalue weighted by atomic mass is 10.0. The average Bonchev–Trinajstić information content (AvgIpc) is 3.25. The number of nitrogens with one attached hydrogen (secondary N) is 1. The van der Waals surface area contributed by atoms with Gasteiger partial charge in [0.05, 0.1) is 18.4 Å². The number of ether oxygens (including phenoxy) is 1. The van der Waals surface area contributed by atoms with Crippen LogP contribution in [0.3, 0.4) is 0 Å². The standard InChI is InChI=1S/C30H25N3O5/c1-18-11-12-23(13-19(18)2)33-28(35)25(27(34)31-30(33)37)15-22-17-32(26-10-5-4-9-24(22)26)16-20-7-6-8-21(14-20)29(36)38-3/h4-15,17H,16H2,1-3H3,(H,31,34,37)/b25-15+. The highest BCUT2D eigenvalue weighted by molar-refractivity contribution is 6.39. The smallest absolute Gasteiger partial charge is 0.337 e. The summed E-state index contributed by atoms with van der Waals surface area (Å²) in [6, 6.07) is 19.2. The number of urea groups is 1. The lowest BCUT2D eigenvalue weighted by Gasteiger charge is -2.26. The van der Waals surface area contributed by atoms with Crippen LogP contribution in [0, 0.1) is 13.8 Å². The number of benzene rings is 3. The first-order chi connectivity index (χ1) is 18.3. The molecule has 1 aliphatic heterocycles. The second kappa shape index (κ2) is 9.82. The zero-order chi connectivity index (χ0) is 27.0. The number of barbiturate groups is 1. The molecule has 0 saturated carbocycles. The number of carbonyl (C=O) groups excluding carboxylic acids is 4. The number of hydrogen-bond acceptors (Lipinski definition) is 5. The van der Waals surface area contributed by atoms with Gasteiger partial charge in [-0.05, 0) is 66.9 Å². The summed E-state index contributed by atoms with van der Waals surface area (Å²) < 4.78 is 6.81. The van der Waals surface area contributed by atoms with Crippen LogP contribution in [0.2, 0.25) is 0 Å². The first-order valence-corrected chi connectivity index (χ1v) is 12.0. The van der Waals surface area contributed by atoms with E-state index in [9.17, 15) is 19.2 Å². The summed E-state index contributed by atoms with van der Waals surface area (Å²) >= 11 is 0. The van der Waals surface area contributed by atoms with Gasteiger partial charge in [-0.25, -0.2) is 14.5 Å². The minimum Gasteiger partial charge on any atom is -0.465 e. The first kappa shape index (κ1) is 24.7. The van der Waals surface area contributed by atoms with Gasteiger partial charge in [0.2, 0.25) is 0 Å². The van der Waals surface area contributed by atoms with Gasteiger partial charge in [-0.1, -0.05) is 36.4 Å². The predicted octanol–water partition coefficient (Wildman–Crippen LogP) is 4.76. The average molecular weight is 508 g/mol. The Balaban J connectivity index is 1.54. The lowest BCUT2D eigenvalue weighted by molar-refractivity contribution is -0.122. The zero-order valence-corrected chi connectivity index (χ0v) is 21.1. The van der Waals surface area contributed by atoms with Gasteiger partial charge < -0.3 is 9.30 Å². The Kier molecular flexibility index (Phi) is 6.38. The van der Waals surface area contributed by atoms with Crippen molar-refractivity contribution >= 4 is 46.5 Å². The molecule has 190 valence electrons. The summed E-state index contributed by atoms with van der Waals surface area (Å²) in [5.41, 5.74) is 5.06. The number of nitrogens with zero attached hydrogens (tertiary/aromatic N) is 2. The van der Waals surface area contributed by atoms with E-state index >= 15 is 0 Å². The van der Waals surface area contributed by atoms with Crippen LogP contribution in [0.1, 0.15) is 32.6 Å². The van der Waals surface area contributed by atoms with Crippen LogP contribution < -0.4 is 10.2 Å². The van der Waals surface area contributed by atoms with E-state index in [1.54, 1.807) is 30.3 Å². The fourth-order valence-electron chi connectivity index (χ4n) is 4.54. The summed E-state index contributed by atoms with van der Waals surface area (Å²) in [6.07, 6.45) is 3.36. The lowest BCUT2D eigenvalue weighted by Crippen LogP contribution is -2.54.